The van der Waals surface area contributed by atoms with E-state index in [1.165, 1.54) is 7.11 Å². The van der Waals surface area contributed by atoms with Crippen LogP contribution in [0.5, 0.6) is 11.6 Å². The number of methoxy groups -OCH3 is 2. The topological polar surface area (TPSA) is 68.7 Å². The second kappa shape index (κ2) is 4.73. The number of carbonyl (C=O) groups is 1. The molecule has 0 bridgehead atoms. The highest BCUT2D eigenvalue weighted by atomic mass is 19.3. The molecule has 1 aromatic rings. The molecule has 16 heavy (non-hydrogen) atoms. The number of aromatic nitrogens is 1. The van der Waals surface area contributed by atoms with Gasteiger partial charge in [0.25, 0.3) is 12.3 Å². The summed E-state index contributed by atoms with van der Waals surface area (Å²) in [7, 11) is 2.20. The molecule has 1 rings (SSSR count). The van der Waals surface area contributed by atoms with E-state index in [0.717, 1.165) is 13.3 Å². The number of aromatic hydroxyl groups is 1. The molecule has 0 spiro atoms. The molecule has 1 aromatic heterocycles. The maximum absolute atomic E-state index is 12.5. The Labute approximate surface area is 89.6 Å². The average Bonchev–Trinajstić information content (AvgIpc) is 2.27. The Morgan fingerprint density at radius 1 is 1.50 bits per heavy atom. The Hall–Kier alpha value is -1.92. The molecular formula is C9H9F2NO4. The van der Waals surface area contributed by atoms with E-state index in [9.17, 15) is 18.7 Å². The number of hydrogen-bond donors (Lipinski definition) is 1. The zero-order valence-electron chi connectivity index (χ0n) is 8.53. The molecule has 0 aliphatic rings. The van der Waals surface area contributed by atoms with Gasteiger partial charge in [0.05, 0.1) is 19.8 Å². The van der Waals surface area contributed by atoms with Crippen molar-refractivity contribution in [3.8, 4) is 11.6 Å². The van der Waals surface area contributed by atoms with Gasteiger partial charge in [0, 0.05) is 6.20 Å². The normalized spacial score (nSPS) is 10.3. The number of carbonyl (C=O) groups excluding carboxylic acids is 1. The van der Waals surface area contributed by atoms with Crippen molar-refractivity contribution in [1.82, 2.24) is 4.98 Å². The fourth-order valence-electron chi connectivity index (χ4n) is 1.13. The van der Waals surface area contributed by atoms with Gasteiger partial charge in [-0.3, -0.25) is 0 Å². The predicted octanol–water partition coefficient (Wildman–Crippen LogP) is 1.52. The summed E-state index contributed by atoms with van der Waals surface area (Å²) in [5.74, 6) is -2.15. The SMILES string of the molecule is COC(=O)c1c(C(F)F)cnc(OC)c1O. The molecule has 0 saturated carbocycles. The lowest BCUT2D eigenvalue weighted by Gasteiger charge is -2.10. The van der Waals surface area contributed by atoms with Crippen molar-refractivity contribution in [3.63, 3.8) is 0 Å². The first-order chi connectivity index (χ1) is 7.52. The summed E-state index contributed by atoms with van der Waals surface area (Å²) in [4.78, 5) is 14.7. The minimum Gasteiger partial charge on any atom is -0.502 e. The third-order valence-electron chi connectivity index (χ3n) is 1.87. The summed E-state index contributed by atoms with van der Waals surface area (Å²) < 4.78 is 34.0. The van der Waals surface area contributed by atoms with Crippen LogP contribution in [0.1, 0.15) is 22.3 Å². The zero-order chi connectivity index (χ0) is 12.3. The lowest BCUT2D eigenvalue weighted by atomic mass is 10.1. The molecule has 7 heteroatoms. The van der Waals surface area contributed by atoms with Gasteiger partial charge < -0.3 is 14.6 Å². The predicted molar refractivity (Wildman–Crippen MR) is 48.8 cm³/mol. The van der Waals surface area contributed by atoms with Crippen LogP contribution in [0.3, 0.4) is 0 Å². The first kappa shape index (κ1) is 12.2. The van der Waals surface area contributed by atoms with E-state index in [2.05, 4.69) is 14.5 Å². The van der Waals surface area contributed by atoms with E-state index in [0.29, 0.717) is 0 Å². The second-order valence-electron chi connectivity index (χ2n) is 2.74. The van der Waals surface area contributed by atoms with E-state index >= 15 is 0 Å². The molecule has 1 N–H and O–H groups in total. The molecular weight excluding hydrogens is 224 g/mol. The van der Waals surface area contributed by atoms with Gasteiger partial charge >= 0.3 is 5.97 Å². The summed E-state index contributed by atoms with van der Waals surface area (Å²) in [5.41, 5.74) is -1.34. The van der Waals surface area contributed by atoms with Crippen molar-refractivity contribution in [2.24, 2.45) is 0 Å². The second-order valence-corrected chi connectivity index (χ2v) is 2.74. The van der Waals surface area contributed by atoms with Crippen molar-refractivity contribution < 1.29 is 28.2 Å². The third kappa shape index (κ3) is 2.02. The molecule has 0 aliphatic carbocycles. The molecule has 88 valence electrons. The van der Waals surface area contributed by atoms with Gasteiger partial charge in [-0.25, -0.2) is 18.6 Å². The fraction of sp³-hybridized carbons (Fsp3) is 0.333. The number of hydrogen-bond acceptors (Lipinski definition) is 5. The van der Waals surface area contributed by atoms with Crippen LogP contribution in [-0.4, -0.2) is 30.3 Å². The Morgan fingerprint density at radius 3 is 2.56 bits per heavy atom. The Kier molecular flexibility index (Phi) is 3.60. The van der Waals surface area contributed by atoms with Gasteiger partial charge in [0.2, 0.25) is 0 Å². The van der Waals surface area contributed by atoms with Gasteiger partial charge in [-0.2, -0.15) is 0 Å². The largest absolute Gasteiger partial charge is 0.502 e. The molecule has 0 radical (unpaired) electrons. The van der Waals surface area contributed by atoms with E-state index < -0.39 is 29.3 Å². The van der Waals surface area contributed by atoms with Gasteiger partial charge in [-0.05, 0) is 0 Å². The van der Waals surface area contributed by atoms with Gasteiger partial charge in [0.15, 0.2) is 5.75 Å². The molecule has 0 atom stereocenters. The minimum absolute atomic E-state index is 0.315. The maximum atomic E-state index is 12.5. The number of ether oxygens (including phenoxy) is 2. The highest BCUT2D eigenvalue weighted by Gasteiger charge is 2.26. The van der Waals surface area contributed by atoms with E-state index in [1.54, 1.807) is 0 Å². The number of pyridine rings is 1. The van der Waals surface area contributed by atoms with Crippen LogP contribution in [0.4, 0.5) is 8.78 Å². The van der Waals surface area contributed by atoms with Crippen molar-refractivity contribution in [1.29, 1.82) is 0 Å². The first-order valence-corrected chi connectivity index (χ1v) is 4.15. The van der Waals surface area contributed by atoms with Crippen LogP contribution in [0.25, 0.3) is 0 Å². The van der Waals surface area contributed by atoms with Gasteiger partial charge in [0.1, 0.15) is 5.56 Å². The van der Waals surface area contributed by atoms with E-state index in [-0.39, 0.29) is 5.88 Å². The molecule has 0 aliphatic heterocycles. The summed E-state index contributed by atoms with van der Waals surface area (Å²) in [6.45, 7) is 0. The van der Waals surface area contributed by atoms with Crippen molar-refractivity contribution in [2.45, 2.75) is 6.43 Å². The van der Waals surface area contributed by atoms with Crippen LogP contribution in [0.2, 0.25) is 0 Å². The lowest BCUT2D eigenvalue weighted by molar-refractivity contribution is 0.0584. The fourth-order valence-corrected chi connectivity index (χ4v) is 1.13. The molecule has 1 heterocycles. The highest BCUT2D eigenvalue weighted by molar-refractivity contribution is 5.94. The maximum Gasteiger partial charge on any atom is 0.342 e. The molecule has 5 nitrogen and oxygen atoms in total. The lowest BCUT2D eigenvalue weighted by Crippen LogP contribution is -2.08. The molecule has 0 aromatic carbocycles. The Bertz CT molecular complexity index is 409. The van der Waals surface area contributed by atoms with E-state index in [1.807, 2.05) is 0 Å². The van der Waals surface area contributed by atoms with Crippen LogP contribution in [0.15, 0.2) is 6.20 Å². The molecule has 0 saturated heterocycles. The third-order valence-corrected chi connectivity index (χ3v) is 1.87. The highest BCUT2D eigenvalue weighted by Crippen LogP contribution is 2.34. The average molecular weight is 233 g/mol. The van der Waals surface area contributed by atoms with Crippen molar-refractivity contribution in [3.05, 3.63) is 17.3 Å². The molecule has 0 fully saturated rings. The van der Waals surface area contributed by atoms with Crippen LogP contribution < -0.4 is 4.74 Å². The summed E-state index contributed by atoms with van der Waals surface area (Å²) >= 11 is 0. The summed E-state index contributed by atoms with van der Waals surface area (Å²) in [5, 5.41) is 9.50. The van der Waals surface area contributed by atoms with Crippen LogP contribution in [0, 0.1) is 0 Å². The number of alkyl halides is 2. The van der Waals surface area contributed by atoms with Crippen molar-refractivity contribution in [2.75, 3.05) is 14.2 Å². The first-order valence-electron chi connectivity index (χ1n) is 4.15. The Morgan fingerprint density at radius 2 is 2.12 bits per heavy atom. The monoisotopic (exact) mass is 233 g/mol. The van der Waals surface area contributed by atoms with Crippen LogP contribution >= 0.6 is 0 Å². The smallest absolute Gasteiger partial charge is 0.342 e. The van der Waals surface area contributed by atoms with Crippen LogP contribution in [-0.2, 0) is 4.74 Å². The molecule has 0 amide bonds. The van der Waals surface area contributed by atoms with Gasteiger partial charge in [-0.15, -0.1) is 0 Å². The number of nitrogens with zero attached hydrogens (tertiary/aromatic N) is 1. The molecule has 0 unspecified atom stereocenters. The van der Waals surface area contributed by atoms with Gasteiger partial charge in [-0.1, -0.05) is 0 Å². The summed E-state index contributed by atoms with van der Waals surface area (Å²) in [6.07, 6.45) is -2.19. The summed E-state index contributed by atoms with van der Waals surface area (Å²) in [6, 6.07) is 0. The number of esters is 1. The minimum atomic E-state index is -2.95. The van der Waals surface area contributed by atoms with E-state index in [4.69, 9.17) is 0 Å². The quantitative estimate of drug-likeness (QED) is 0.801. The number of rotatable bonds is 3. The zero-order valence-corrected chi connectivity index (χ0v) is 8.53. The number of halogens is 2. The van der Waals surface area contributed by atoms with Crippen molar-refractivity contribution >= 4 is 5.97 Å². The standard InChI is InChI=1S/C9H9F2NO4/c1-15-8-6(13)5(9(14)16-2)4(3-12-8)7(10)11/h3,7,13H,1-2H3. The Balaban J connectivity index is 3.42.